The first-order valence-corrected chi connectivity index (χ1v) is 13.1. The third kappa shape index (κ3) is 6.72. The molecule has 3 aromatic carbocycles. The maximum Gasteiger partial charge on any atom is 0.411 e. The zero-order chi connectivity index (χ0) is 29.0. The molecule has 1 aliphatic rings. The molecule has 0 fully saturated rings. The van der Waals surface area contributed by atoms with Crippen LogP contribution in [0.1, 0.15) is 58.2 Å². The van der Waals surface area contributed by atoms with E-state index in [1.54, 1.807) is 55.5 Å². The summed E-state index contributed by atoms with van der Waals surface area (Å²) in [5, 5.41) is 4.00. The van der Waals surface area contributed by atoms with E-state index in [0.29, 0.717) is 33.9 Å². The van der Waals surface area contributed by atoms with Crippen LogP contribution < -0.4 is 20.2 Å². The van der Waals surface area contributed by atoms with Crippen molar-refractivity contribution < 1.29 is 28.6 Å². The van der Waals surface area contributed by atoms with Gasteiger partial charge in [-0.15, -0.1) is 0 Å². The molecule has 0 aromatic heterocycles. The molecule has 1 heterocycles. The number of nitrogens with one attached hydrogen (secondary N) is 2. The van der Waals surface area contributed by atoms with Crippen molar-refractivity contribution in [3.05, 3.63) is 88.5 Å². The smallest absolute Gasteiger partial charge is 0.411 e. The van der Waals surface area contributed by atoms with Gasteiger partial charge in [0.15, 0.2) is 17.6 Å². The van der Waals surface area contributed by atoms with E-state index in [4.69, 9.17) is 14.2 Å². The molecule has 40 heavy (non-hydrogen) atoms. The summed E-state index contributed by atoms with van der Waals surface area (Å²) in [5.74, 6) is 0.0999. The minimum absolute atomic E-state index is 0.0455. The molecule has 9 heteroatoms. The Balaban J connectivity index is 1.47. The van der Waals surface area contributed by atoms with E-state index >= 15 is 0 Å². The van der Waals surface area contributed by atoms with Crippen molar-refractivity contribution in [2.75, 3.05) is 18.5 Å². The van der Waals surface area contributed by atoms with Crippen molar-refractivity contribution in [1.82, 2.24) is 10.4 Å². The number of hydrogen-bond acceptors (Lipinski definition) is 6. The fourth-order valence-corrected chi connectivity index (χ4v) is 4.39. The standard InChI is InChI=1S/C31H35N3O6/c1-19-14-20(2)16-22(15-19)29(36)34(31(4,5)6)33-28(35)25-12-13-26-27(21(25)3)40-24(17-38-26)18-39-30(37)32-23-10-8-7-9-11-23/h7-16,24H,17-18H2,1-6H3,(H,32,37)(H,33,35). The van der Waals surface area contributed by atoms with Crippen LogP contribution in [0.2, 0.25) is 0 Å². The normalized spacial score (nSPS) is 14.2. The molecular formula is C31H35N3O6. The van der Waals surface area contributed by atoms with Crippen LogP contribution in [-0.4, -0.2) is 47.8 Å². The number of aryl methyl sites for hydroxylation is 2. The average Bonchev–Trinajstić information content (AvgIpc) is 2.90. The third-order valence-electron chi connectivity index (χ3n) is 6.30. The number of hydrogen-bond donors (Lipinski definition) is 2. The lowest BCUT2D eigenvalue weighted by atomic mass is 10.0. The Morgan fingerprint density at radius 2 is 1.65 bits per heavy atom. The van der Waals surface area contributed by atoms with Crippen LogP contribution in [0.15, 0.2) is 60.7 Å². The first-order chi connectivity index (χ1) is 18.9. The van der Waals surface area contributed by atoms with Gasteiger partial charge in [-0.05, 0) is 77.9 Å². The van der Waals surface area contributed by atoms with Crippen LogP contribution >= 0.6 is 0 Å². The zero-order valence-electron chi connectivity index (χ0n) is 23.7. The molecule has 0 spiro atoms. The lowest BCUT2D eigenvalue weighted by molar-refractivity contribution is 0.0344. The van der Waals surface area contributed by atoms with Crippen molar-refractivity contribution in [2.24, 2.45) is 0 Å². The van der Waals surface area contributed by atoms with E-state index in [1.165, 1.54) is 5.01 Å². The molecule has 2 N–H and O–H groups in total. The van der Waals surface area contributed by atoms with Crippen LogP contribution in [0.25, 0.3) is 0 Å². The topological polar surface area (TPSA) is 106 Å². The maximum atomic E-state index is 13.5. The van der Waals surface area contributed by atoms with Gasteiger partial charge >= 0.3 is 6.09 Å². The van der Waals surface area contributed by atoms with Gasteiger partial charge in [0.25, 0.3) is 11.8 Å². The third-order valence-corrected chi connectivity index (χ3v) is 6.30. The first-order valence-electron chi connectivity index (χ1n) is 13.1. The van der Waals surface area contributed by atoms with Crippen molar-refractivity contribution in [2.45, 2.75) is 53.2 Å². The van der Waals surface area contributed by atoms with Gasteiger partial charge in [-0.25, -0.2) is 9.80 Å². The number of amides is 3. The second-order valence-corrected chi connectivity index (χ2v) is 10.8. The lowest BCUT2D eigenvalue weighted by Gasteiger charge is -2.36. The molecule has 1 unspecified atom stereocenters. The predicted molar refractivity (Wildman–Crippen MR) is 152 cm³/mol. The number of fused-ring (bicyclic) bond motifs is 1. The van der Waals surface area contributed by atoms with E-state index in [1.807, 2.05) is 46.8 Å². The highest BCUT2D eigenvalue weighted by Gasteiger charge is 2.32. The average molecular weight is 546 g/mol. The largest absolute Gasteiger partial charge is 0.486 e. The van der Waals surface area contributed by atoms with Gasteiger partial charge in [0.05, 0.1) is 5.54 Å². The number of nitrogens with zero attached hydrogens (tertiary/aromatic N) is 1. The van der Waals surface area contributed by atoms with Gasteiger partial charge in [0.1, 0.15) is 13.2 Å². The summed E-state index contributed by atoms with van der Waals surface area (Å²) in [6, 6.07) is 17.9. The number of ether oxygens (including phenoxy) is 3. The Morgan fingerprint density at radius 1 is 0.975 bits per heavy atom. The molecule has 1 atom stereocenters. The summed E-state index contributed by atoms with van der Waals surface area (Å²) >= 11 is 0. The Morgan fingerprint density at radius 3 is 2.30 bits per heavy atom. The Hall–Kier alpha value is -4.53. The Labute approximate surface area is 234 Å². The summed E-state index contributed by atoms with van der Waals surface area (Å²) in [6.07, 6.45) is -1.18. The van der Waals surface area contributed by atoms with Crippen molar-refractivity contribution in [3.63, 3.8) is 0 Å². The number of rotatable bonds is 5. The summed E-state index contributed by atoms with van der Waals surface area (Å²) in [5.41, 5.74) is 6.00. The number of para-hydroxylation sites is 1. The molecule has 0 bridgehead atoms. The zero-order valence-corrected chi connectivity index (χ0v) is 23.7. The van der Waals surface area contributed by atoms with Crippen molar-refractivity contribution in [3.8, 4) is 11.5 Å². The number of carbonyl (C=O) groups is 3. The summed E-state index contributed by atoms with van der Waals surface area (Å²) < 4.78 is 17.2. The minimum atomic E-state index is -0.700. The molecular weight excluding hydrogens is 510 g/mol. The highest BCUT2D eigenvalue weighted by atomic mass is 16.6. The molecule has 1 aliphatic heterocycles. The molecule has 9 nitrogen and oxygen atoms in total. The van der Waals surface area contributed by atoms with Crippen LogP contribution in [-0.2, 0) is 4.74 Å². The monoisotopic (exact) mass is 545 g/mol. The van der Waals surface area contributed by atoms with Gasteiger partial charge in [-0.3, -0.25) is 20.3 Å². The summed E-state index contributed by atoms with van der Waals surface area (Å²) in [7, 11) is 0. The van der Waals surface area contributed by atoms with E-state index in [9.17, 15) is 14.4 Å². The molecule has 0 aliphatic carbocycles. The number of benzene rings is 3. The van der Waals surface area contributed by atoms with E-state index < -0.39 is 23.6 Å². The van der Waals surface area contributed by atoms with Crippen LogP contribution in [0.4, 0.5) is 10.5 Å². The maximum absolute atomic E-state index is 13.5. The van der Waals surface area contributed by atoms with Gasteiger partial charge in [-0.1, -0.05) is 35.4 Å². The quantitative estimate of drug-likeness (QED) is 0.405. The second-order valence-electron chi connectivity index (χ2n) is 10.8. The Kier molecular flexibility index (Phi) is 8.32. The SMILES string of the molecule is Cc1cc(C)cc(C(=O)N(NC(=O)c2ccc3c(c2C)OC(COC(=O)Nc2ccccc2)CO3)C(C)(C)C)c1. The molecule has 3 aromatic rings. The number of carbonyl (C=O) groups excluding carboxylic acids is 3. The molecule has 4 rings (SSSR count). The Bertz CT molecular complexity index is 1390. The van der Waals surface area contributed by atoms with Gasteiger partial charge in [0.2, 0.25) is 0 Å². The lowest BCUT2D eigenvalue weighted by Crippen LogP contribution is -2.56. The van der Waals surface area contributed by atoms with Gasteiger partial charge in [0, 0.05) is 22.4 Å². The van der Waals surface area contributed by atoms with Crippen molar-refractivity contribution >= 4 is 23.6 Å². The first kappa shape index (κ1) is 28.5. The van der Waals surface area contributed by atoms with E-state index in [-0.39, 0.29) is 19.1 Å². The molecule has 0 saturated carbocycles. The highest BCUT2D eigenvalue weighted by Crippen LogP contribution is 2.37. The highest BCUT2D eigenvalue weighted by molar-refractivity contribution is 6.00. The molecule has 0 saturated heterocycles. The van der Waals surface area contributed by atoms with Gasteiger partial charge in [-0.2, -0.15) is 0 Å². The van der Waals surface area contributed by atoms with Crippen LogP contribution in [0.5, 0.6) is 11.5 Å². The fraction of sp³-hybridized carbons (Fsp3) is 0.323. The molecule has 0 radical (unpaired) electrons. The summed E-state index contributed by atoms with van der Waals surface area (Å²) in [4.78, 5) is 39.1. The molecule has 210 valence electrons. The van der Waals surface area contributed by atoms with Crippen molar-refractivity contribution in [1.29, 1.82) is 0 Å². The van der Waals surface area contributed by atoms with Gasteiger partial charge < -0.3 is 14.2 Å². The summed E-state index contributed by atoms with van der Waals surface area (Å²) in [6.45, 7) is 11.3. The van der Waals surface area contributed by atoms with Crippen LogP contribution in [0.3, 0.4) is 0 Å². The number of anilines is 1. The van der Waals surface area contributed by atoms with E-state index in [2.05, 4.69) is 10.7 Å². The predicted octanol–water partition coefficient (Wildman–Crippen LogP) is 5.59. The van der Waals surface area contributed by atoms with E-state index in [0.717, 1.165) is 11.1 Å². The molecule has 3 amide bonds. The second kappa shape index (κ2) is 11.7. The fourth-order valence-electron chi connectivity index (χ4n) is 4.39. The minimum Gasteiger partial charge on any atom is -0.486 e. The van der Waals surface area contributed by atoms with Crippen LogP contribution in [0, 0.1) is 20.8 Å². The number of hydrazine groups is 1.